The number of hydrogen-bond donors (Lipinski definition) is 2. The maximum atomic E-state index is 12.0. The van der Waals surface area contributed by atoms with Gasteiger partial charge in [0.15, 0.2) is 5.78 Å². The molecule has 0 saturated carbocycles. The van der Waals surface area contributed by atoms with Crippen LogP contribution in [0.5, 0.6) is 0 Å². The molecule has 2 heterocycles. The van der Waals surface area contributed by atoms with Crippen molar-refractivity contribution >= 4 is 52.1 Å². The predicted octanol–water partition coefficient (Wildman–Crippen LogP) is 3.70. The predicted molar refractivity (Wildman–Crippen MR) is 97.0 cm³/mol. The van der Waals surface area contributed by atoms with Crippen molar-refractivity contribution in [3.8, 4) is 0 Å². The van der Waals surface area contributed by atoms with Crippen molar-refractivity contribution in [2.24, 2.45) is 0 Å². The lowest BCUT2D eigenvalue weighted by Crippen LogP contribution is -2.19. The smallest absolute Gasteiger partial charge is 0.234 e. The lowest BCUT2D eigenvalue weighted by atomic mass is 10.2. The van der Waals surface area contributed by atoms with Crippen LogP contribution in [0.15, 0.2) is 35.2 Å². The number of Topliss-reactive ketones (excluding diaryl/α,β-unsaturated/α-hetero) is 1. The Labute approximate surface area is 147 Å². The van der Waals surface area contributed by atoms with Gasteiger partial charge >= 0.3 is 0 Å². The first-order valence-electron chi connectivity index (χ1n) is 7.47. The third-order valence-corrected chi connectivity index (χ3v) is 5.61. The van der Waals surface area contributed by atoms with Gasteiger partial charge in [-0.3, -0.25) is 14.4 Å². The van der Waals surface area contributed by atoms with Crippen LogP contribution >= 0.6 is 23.1 Å². The normalized spacial score (nSPS) is 13.1. The van der Waals surface area contributed by atoms with Crippen LogP contribution in [0.3, 0.4) is 0 Å². The van der Waals surface area contributed by atoms with E-state index in [1.807, 2.05) is 19.1 Å². The number of amides is 2. The fourth-order valence-corrected chi connectivity index (χ4v) is 3.94. The molecule has 1 aromatic heterocycles. The number of aryl methyl sites for hydroxylation is 1. The van der Waals surface area contributed by atoms with Gasteiger partial charge in [0, 0.05) is 28.3 Å². The van der Waals surface area contributed by atoms with E-state index in [1.54, 1.807) is 18.2 Å². The molecule has 1 aliphatic rings. The van der Waals surface area contributed by atoms with E-state index in [-0.39, 0.29) is 30.4 Å². The molecule has 5 nitrogen and oxygen atoms in total. The third kappa shape index (κ3) is 4.04. The maximum absolute atomic E-state index is 12.0. The zero-order valence-electron chi connectivity index (χ0n) is 13.0. The van der Waals surface area contributed by atoms with Crippen molar-refractivity contribution in [3.05, 3.63) is 40.1 Å². The minimum absolute atomic E-state index is 0.0163. The Hall–Kier alpha value is -2.12. The second kappa shape index (κ2) is 7.19. The summed E-state index contributed by atoms with van der Waals surface area (Å²) in [7, 11) is 0. The first-order valence-corrected chi connectivity index (χ1v) is 9.27. The number of carbonyl (C=O) groups is 3. The van der Waals surface area contributed by atoms with Gasteiger partial charge in [-0.25, -0.2) is 0 Å². The number of hydrogen-bond acceptors (Lipinski definition) is 5. The minimum atomic E-state index is -0.216. The molecule has 0 spiro atoms. The number of carbonyl (C=O) groups excluding carboxylic acids is 3. The number of rotatable bonds is 5. The second-order valence-electron chi connectivity index (χ2n) is 5.43. The molecular formula is C17H16N2O3S2. The average molecular weight is 360 g/mol. The van der Waals surface area contributed by atoms with E-state index in [0.717, 1.165) is 9.77 Å². The molecule has 2 N–H and O–H groups in total. The molecular weight excluding hydrogens is 344 g/mol. The number of thioether (sulfide) groups is 1. The summed E-state index contributed by atoms with van der Waals surface area (Å²) in [5.41, 5.74) is 1.32. The monoisotopic (exact) mass is 360 g/mol. The molecule has 0 radical (unpaired) electrons. The molecule has 0 unspecified atom stereocenters. The van der Waals surface area contributed by atoms with Crippen LogP contribution in [0, 0.1) is 6.92 Å². The van der Waals surface area contributed by atoms with E-state index in [4.69, 9.17) is 0 Å². The topological polar surface area (TPSA) is 75.3 Å². The highest BCUT2D eigenvalue weighted by Crippen LogP contribution is 2.33. The molecule has 0 saturated heterocycles. The summed E-state index contributed by atoms with van der Waals surface area (Å²) in [4.78, 5) is 38.2. The van der Waals surface area contributed by atoms with Gasteiger partial charge in [0.25, 0.3) is 0 Å². The van der Waals surface area contributed by atoms with Gasteiger partial charge in [-0.2, -0.15) is 0 Å². The largest absolute Gasteiger partial charge is 0.326 e. The van der Waals surface area contributed by atoms with E-state index < -0.39 is 0 Å². The molecule has 0 bridgehead atoms. The summed E-state index contributed by atoms with van der Waals surface area (Å²) in [6.07, 6.45) is 0.317. The van der Waals surface area contributed by atoms with Crippen molar-refractivity contribution in [1.29, 1.82) is 0 Å². The Balaban J connectivity index is 1.56. The van der Waals surface area contributed by atoms with Crippen LogP contribution in [-0.4, -0.2) is 23.4 Å². The standard InChI is InChI=1S/C17H16N2O3S2/c1-10-2-5-15(24-10)13(20)4-7-16(21)18-11-3-6-14-12(8-11)19-17(22)9-23-14/h2-3,5-6,8H,4,7,9H2,1H3,(H,18,21)(H,19,22). The Morgan fingerprint density at radius 3 is 2.79 bits per heavy atom. The Morgan fingerprint density at radius 2 is 2.04 bits per heavy atom. The first-order chi connectivity index (χ1) is 11.5. The molecule has 24 heavy (non-hydrogen) atoms. The third-order valence-electron chi connectivity index (χ3n) is 3.49. The summed E-state index contributed by atoms with van der Waals surface area (Å²) in [6, 6.07) is 9.10. The van der Waals surface area contributed by atoms with E-state index >= 15 is 0 Å². The lowest BCUT2D eigenvalue weighted by Gasteiger charge is -2.17. The number of thiophene rings is 1. The molecule has 124 valence electrons. The van der Waals surface area contributed by atoms with Gasteiger partial charge in [-0.1, -0.05) is 0 Å². The zero-order valence-corrected chi connectivity index (χ0v) is 14.7. The highest BCUT2D eigenvalue weighted by Gasteiger charge is 2.16. The first kappa shape index (κ1) is 16.7. The minimum Gasteiger partial charge on any atom is -0.326 e. The number of nitrogens with one attached hydrogen (secondary N) is 2. The summed E-state index contributed by atoms with van der Waals surface area (Å²) < 4.78 is 0. The van der Waals surface area contributed by atoms with Crippen LogP contribution in [-0.2, 0) is 9.59 Å². The number of ketones is 1. The average Bonchev–Trinajstić information content (AvgIpc) is 2.99. The maximum Gasteiger partial charge on any atom is 0.234 e. The van der Waals surface area contributed by atoms with Crippen LogP contribution in [0.25, 0.3) is 0 Å². The van der Waals surface area contributed by atoms with Gasteiger partial charge < -0.3 is 10.6 Å². The van der Waals surface area contributed by atoms with E-state index in [0.29, 0.717) is 22.0 Å². The Morgan fingerprint density at radius 1 is 1.21 bits per heavy atom. The summed E-state index contributed by atoms with van der Waals surface area (Å²) >= 11 is 2.91. The fraction of sp³-hybridized carbons (Fsp3) is 0.235. The van der Waals surface area contributed by atoms with Crippen LogP contribution in [0.2, 0.25) is 0 Å². The molecule has 2 amide bonds. The Bertz CT molecular complexity index is 814. The number of fused-ring (bicyclic) bond motifs is 1. The van der Waals surface area contributed by atoms with Crippen molar-refractivity contribution in [2.45, 2.75) is 24.7 Å². The number of anilines is 2. The molecule has 1 aliphatic heterocycles. The molecule has 7 heteroatoms. The Kier molecular flexibility index (Phi) is 5.01. The van der Waals surface area contributed by atoms with E-state index in [1.165, 1.54) is 23.1 Å². The fourth-order valence-electron chi connectivity index (χ4n) is 2.32. The van der Waals surface area contributed by atoms with Gasteiger partial charge in [0.2, 0.25) is 11.8 Å². The molecule has 0 fully saturated rings. The molecule has 0 atom stereocenters. The van der Waals surface area contributed by atoms with Crippen molar-refractivity contribution in [2.75, 3.05) is 16.4 Å². The summed E-state index contributed by atoms with van der Waals surface area (Å²) in [6.45, 7) is 1.95. The SMILES string of the molecule is Cc1ccc(C(=O)CCC(=O)Nc2ccc3c(c2)NC(=O)CS3)s1. The van der Waals surface area contributed by atoms with Gasteiger partial charge in [-0.15, -0.1) is 23.1 Å². The summed E-state index contributed by atoms with van der Waals surface area (Å²) in [5, 5.41) is 5.55. The highest BCUT2D eigenvalue weighted by molar-refractivity contribution is 8.00. The number of benzene rings is 1. The van der Waals surface area contributed by atoms with Crippen molar-refractivity contribution in [3.63, 3.8) is 0 Å². The van der Waals surface area contributed by atoms with Gasteiger partial charge in [0.1, 0.15) is 0 Å². The molecule has 3 rings (SSSR count). The second-order valence-corrected chi connectivity index (χ2v) is 7.73. The van der Waals surface area contributed by atoms with Crippen LogP contribution in [0.4, 0.5) is 11.4 Å². The van der Waals surface area contributed by atoms with Crippen LogP contribution in [0.1, 0.15) is 27.4 Å². The lowest BCUT2D eigenvalue weighted by molar-refractivity contribution is -0.116. The van der Waals surface area contributed by atoms with Crippen molar-refractivity contribution < 1.29 is 14.4 Å². The molecule has 0 aliphatic carbocycles. The summed E-state index contributed by atoms with van der Waals surface area (Å²) in [5.74, 6) is 0.125. The van der Waals surface area contributed by atoms with Crippen LogP contribution < -0.4 is 10.6 Å². The van der Waals surface area contributed by atoms with Gasteiger partial charge in [0.05, 0.1) is 16.3 Å². The van der Waals surface area contributed by atoms with Crippen molar-refractivity contribution in [1.82, 2.24) is 0 Å². The quantitative estimate of drug-likeness (QED) is 0.797. The zero-order chi connectivity index (χ0) is 17.1. The van der Waals surface area contributed by atoms with E-state index in [2.05, 4.69) is 10.6 Å². The van der Waals surface area contributed by atoms with Gasteiger partial charge in [-0.05, 0) is 37.3 Å². The van der Waals surface area contributed by atoms with E-state index in [9.17, 15) is 14.4 Å². The molecule has 1 aromatic carbocycles. The highest BCUT2D eigenvalue weighted by atomic mass is 32.2. The molecule has 2 aromatic rings.